The number of aliphatic carboxylic acids is 1. The first-order chi connectivity index (χ1) is 8.45. The molecule has 0 saturated heterocycles. The predicted molar refractivity (Wildman–Crippen MR) is 70.5 cm³/mol. The van der Waals surface area contributed by atoms with Gasteiger partial charge in [-0.1, -0.05) is 19.1 Å². The van der Waals surface area contributed by atoms with Gasteiger partial charge in [0.05, 0.1) is 0 Å². The van der Waals surface area contributed by atoms with Crippen LogP contribution in [0.1, 0.15) is 26.3 Å². The fraction of sp³-hybridized carbons (Fsp3) is 0.286. The third kappa shape index (κ3) is 3.45. The second kappa shape index (κ2) is 6.00. The minimum Gasteiger partial charge on any atom is -0.478 e. The zero-order valence-electron chi connectivity index (χ0n) is 10.8. The quantitative estimate of drug-likeness (QED) is 0.804. The molecule has 0 spiro atoms. The number of hydrogen-bond acceptors (Lipinski definition) is 2. The number of hydrogen-bond donors (Lipinski definition) is 2. The van der Waals surface area contributed by atoms with Gasteiger partial charge in [0.25, 0.3) is 5.91 Å². The molecule has 1 aromatic carbocycles. The summed E-state index contributed by atoms with van der Waals surface area (Å²) in [4.78, 5) is 22.5. The molecule has 0 aliphatic carbocycles. The van der Waals surface area contributed by atoms with Crippen LogP contribution in [0.25, 0.3) is 0 Å². The Labute approximate surface area is 106 Å². The van der Waals surface area contributed by atoms with Crippen LogP contribution < -0.4 is 5.32 Å². The highest BCUT2D eigenvalue weighted by Crippen LogP contribution is 2.12. The Bertz CT molecular complexity index is 486. The number of aryl methyl sites for hydroxylation is 1. The molecule has 4 nitrogen and oxygen atoms in total. The SMILES string of the molecule is CCc1ccc(NC(=O)/C(C)=C(/C)C(=O)O)cc1. The Morgan fingerprint density at radius 2 is 1.67 bits per heavy atom. The van der Waals surface area contributed by atoms with Crippen LogP contribution in [0.2, 0.25) is 0 Å². The Morgan fingerprint density at radius 3 is 2.11 bits per heavy atom. The van der Waals surface area contributed by atoms with Crippen molar-refractivity contribution in [3.8, 4) is 0 Å². The number of anilines is 1. The third-order valence-electron chi connectivity index (χ3n) is 2.84. The van der Waals surface area contributed by atoms with Crippen molar-refractivity contribution in [2.24, 2.45) is 0 Å². The maximum Gasteiger partial charge on any atom is 0.331 e. The fourth-order valence-electron chi connectivity index (χ4n) is 1.38. The van der Waals surface area contributed by atoms with E-state index in [0.29, 0.717) is 5.69 Å². The van der Waals surface area contributed by atoms with Crippen molar-refractivity contribution in [3.05, 3.63) is 41.0 Å². The van der Waals surface area contributed by atoms with Crippen molar-refractivity contribution in [2.75, 3.05) is 5.32 Å². The van der Waals surface area contributed by atoms with E-state index >= 15 is 0 Å². The standard InChI is InChI=1S/C14H17NO3/c1-4-11-5-7-12(8-6-11)15-13(16)9(2)10(3)14(17)18/h5-8H,4H2,1-3H3,(H,15,16)(H,17,18)/b10-9-. The minimum atomic E-state index is -1.08. The Kier molecular flexibility index (Phi) is 4.66. The summed E-state index contributed by atoms with van der Waals surface area (Å²) in [7, 11) is 0. The van der Waals surface area contributed by atoms with Gasteiger partial charge in [-0.25, -0.2) is 4.79 Å². The van der Waals surface area contributed by atoms with Crippen LogP contribution in [0.15, 0.2) is 35.4 Å². The van der Waals surface area contributed by atoms with Gasteiger partial charge < -0.3 is 10.4 Å². The molecule has 0 unspecified atom stereocenters. The molecule has 0 aliphatic heterocycles. The van der Waals surface area contributed by atoms with Gasteiger partial charge in [-0.05, 0) is 38.0 Å². The van der Waals surface area contributed by atoms with Crippen molar-refractivity contribution >= 4 is 17.6 Å². The molecule has 2 N–H and O–H groups in total. The van der Waals surface area contributed by atoms with Crippen LogP contribution in [0, 0.1) is 0 Å². The number of carbonyl (C=O) groups is 2. The summed E-state index contributed by atoms with van der Waals surface area (Å²) in [5, 5.41) is 11.5. The maximum absolute atomic E-state index is 11.8. The average molecular weight is 247 g/mol. The Hall–Kier alpha value is -2.10. The van der Waals surface area contributed by atoms with Crippen LogP contribution in [0.5, 0.6) is 0 Å². The number of carbonyl (C=O) groups excluding carboxylic acids is 1. The normalized spacial score (nSPS) is 11.7. The molecule has 0 atom stereocenters. The van der Waals surface area contributed by atoms with E-state index < -0.39 is 5.97 Å². The second-order valence-corrected chi connectivity index (χ2v) is 4.06. The number of amides is 1. The largest absolute Gasteiger partial charge is 0.478 e. The van der Waals surface area contributed by atoms with Crippen LogP contribution in [0.3, 0.4) is 0 Å². The number of nitrogens with one attached hydrogen (secondary N) is 1. The molecule has 1 aromatic rings. The summed E-state index contributed by atoms with van der Waals surface area (Å²) < 4.78 is 0. The third-order valence-corrected chi connectivity index (χ3v) is 2.84. The summed E-state index contributed by atoms with van der Waals surface area (Å²) in [6, 6.07) is 7.47. The van der Waals surface area contributed by atoms with E-state index in [4.69, 9.17) is 5.11 Å². The van der Waals surface area contributed by atoms with Crippen LogP contribution in [-0.2, 0) is 16.0 Å². The molecule has 18 heavy (non-hydrogen) atoms. The maximum atomic E-state index is 11.8. The average Bonchev–Trinajstić information content (AvgIpc) is 2.37. The zero-order chi connectivity index (χ0) is 13.7. The first kappa shape index (κ1) is 14.0. The first-order valence-corrected chi connectivity index (χ1v) is 5.76. The number of rotatable bonds is 4. The molecule has 96 valence electrons. The molecule has 0 radical (unpaired) electrons. The second-order valence-electron chi connectivity index (χ2n) is 4.06. The molecule has 4 heteroatoms. The van der Waals surface area contributed by atoms with E-state index in [2.05, 4.69) is 12.2 Å². The zero-order valence-corrected chi connectivity index (χ0v) is 10.8. The lowest BCUT2D eigenvalue weighted by molar-refractivity contribution is -0.133. The van der Waals surface area contributed by atoms with E-state index in [0.717, 1.165) is 6.42 Å². The number of carboxylic acids is 1. The van der Waals surface area contributed by atoms with Gasteiger partial charge in [0.2, 0.25) is 0 Å². The van der Waals surface area contributed by atoms with Gasteiger partial charge in [-0.15, -0.1) is 0 Å². The molecule has 0 aromatic heterocycles. The molecule has 1 amide bonds. The van der Waals surface area contributed by atoms with Crippen molar-refractivity contribution in [2.45, 2.75) is 27.2 Å². The lowest BCUT2D eigenvalue weighted by Gasteiger charge is -2.07. The smallest absolute Gasteiger partial charge is 0.331 e. The molecule has 0 aliphatic rings. The van der Waals surface area contributed by atoms with Crippen molar-refractivity contribution in [1.29, 1.82) is 0 Å². The summed E-state index contributed by atoms with van der Waals surface area (Å²) in [6.45, 7) is 4.97. The van der Waals surface area contributed by atoms with Gasteiger partial charge in [-0.2, -0.15) is 0 Å². The van der Waals surface area contributed by atoms with Gasteiger partial charge >= 0.3 is 5.97 Å². The van der Waals surface area contributed by atoms with Crippen LogP contribution >= 0.6 is 0 Å². The number of carboxylic acid groups (broad SMARTS) is 1. The minimum absolute atomic E-state index is 0.0534. The first-order valence-electron chi connectivity index (χ1n) is 5.76. The van der Waals surface area contributed by atoms with Crippen LogP contribution in [-0.4, -0.2) is 17.0 Å². The highest BCUT2D eigenvalue weighted by molar-refractivity contribution is 6.08. The summed E-state index contributed by atoms with van der Waals surface area (Å²) in [5.41, 5.74) is 2.11. The summed E-state index contributed by atoms with van der Waals surface area (Å²) in [5.74, 6) is -1.47. The van der Waals surface area contributed by atoms with Crippen molar-refractivity contribution in [1.82, 2.24) is 0 Å². The topological polar surface area (TPSA) is 66.4 Å². The van der Waals surface area contributed by atoms with E-state index in [9.17, 15) is 9.59 Å². The van der Waals surface area contributed by atoms with E-state index in [1.807, 2.05) is 12.1 Å². The lowest BCUT2D eigenvalue weighted by atomic mass is 10.1. The Morgan fingerprint density at radius 1 is 1.11 bits per heavy atom. The summed E-state index contributed by atoms with van der Waals surface area (Å²) >= 11 is 0. The molecule has 1 rings (SSSR count). The monoisotopic (exact) mass is 247 g/mol. The van der Waals surface area contributed by atoms with E-state index in [-0.39, 0.29) is 17.1 Å². The van der Waals surface area contributed by atoms with Crippen molar-refractivity contribution in [3.63, 3.8) is 0 Å². The predicted octanol–water partition coefficient (Wildman–Crippen LogP) is 2.61. The molecular formula is C14H17NO3. The molecule has 0 heterocycles. The van der Waals surface area contributed by atoms with Gasteiger partial charge in [0, 0.05) is 16.8 Å². The van der Waals surface area contributed by atoms with Gasteiger partial charge in [-0.3, -0.25) is 4.79 Å². The highest BCUT2D eigenvalue weighted by Gasteiger charge is 2.12. The lowest BCUT2D eigenvalue weighted by Crippen LogP contribution is -2.16. The van der Waals surface area contributed by atoms with E-state index in [1.165, 1.54) is 19.4 Å². The van der Waals surface area contributed by atoms with E-state index in [1.54, 1.807) is 12.1 Å². The van der Waals surface area contributed by atoms with Crippen molar-refractivity contribution < 1.29 is 14.7 Å². The molecular weight excluding hydrogens is 230 g/mol. The molecule has 0 fully saturated rings. The molecule has 0 bridgehead atoms. The number of benzene rings is 1. The highest BCUT2D eigenvalue weighted by atomic mass is 16.4. The van der Waals surface area contributed by atoms with Gasteiger partial charge in [0.1, 0.15) is 0 Å². The Balaban J connectivity index is 2.81. The summed E-state index contributed by atoms with van der Waals surface area (Å²) in [6.07, 6.45) is 0.936. The van der Waals surface area contributed by atoms with Gasteiger partial charge in [0.15, 0.2) is 0 Å². The molecule has 0 saturated carbocycles. The van der Waals surface area contributed by atoms with Crippen LogP contribution in [0.4, 0.5) is 5.69 Å². The fourth-order valence-corrected chi connectivity index (χ4v) is 1.38.